The number of hydrogen-bond acceptors (Lipinski definition) is 3. The van der Waals surface area contributed by atoms with Crippen molar-refractivity contribution in [2.75, 3.05) is 12.3 Å². The van der Waals surface area contributed by atoms with Gasteiger partial charge in [0.2, 0.25) is 5.91 Å². The number of nitrogens with two attached hydrogens (primary N) is 1. The largest absolute Gasteiger partial charge is 0.399 e. The van der Waals surface area contributed by atoms with Crippen LogP contribution in [-0.4, -0.2) is 23.7 Å². The smallest absolute Gasteiger partial charge is 0.220 e. The van der Waals surface area contributed by atoms with Crippen LogP contribution in [0.2, 0.25) is 0 Å². The molecule has 4 nitrogen and oxygen atoms in total. The van der Waals surface area contributed by atoms with Gasteiger partial charge in [0.25, 0.3) is 0 Å². The molecule has 0 aliphatic rings. The molecule has 0 spiro atoms. The molecule has 0 aliphatic heterocycles. The van der Waals surface area contributed by atoms with Crippen LogP contribution in [0.1, 0.15) is 32.3 Å². The van der Waals surface area contributed by atoms with E-state index in [9.17, 15) is 4.79 Å². The summed E-state index contributed by atoms with van der Waals surface area (Å²) in [5, 5.41) is 11.9. The lowest BCUT2D eigenvalue weighted by Crippen LogP contribution is -2.39. The monoisotopic (exact) mass is 264 g/mol. The number of anilines is 1. The van der Waals surface area contributed by atoms with Crippen molar-refractivity contribution in [2.45, 2.75) is 39.2 Å². The molecule has 0 fully saturated rings. The second-order valence-electron chi connectivity index (χ2n) is 5.17. The first-order chi connectivity index (χ1) is 9.02. The number of nitrogens with one attached hydrogen (secondary N) is 1. The molecule has 0 heterocycles. The van der Waals surface area contributed by atoms with E-state index in [-0.39, 0.29) is 18.6 Å². The van der Waals surface area contributed by atoms with Gasteiger partial charge in [0, 0.05) is 24.8 Å². The van der Waals surface area contributed by atoms with E-state index in [1.165, 1.54) is 0 Å². The van der Waals surface area contributed by atoms with Gasteiger partial charge in [-0.15, -0.1) is 0 Å². The van der Waals surface area contributed by atoms with Gasteiger partial charge in [-0.05, 0) is 36.5 Å². The Bertz CT molecular complexity index is 388. The van der Waals surface area contributed by atoms with Crippen LogP contribution in [0.15, 0.2) is 24.3 Å². The molecule has 1 aromatic carbocycles. The predicted octanol–water partition coefficient (Wildman–Crippen LogP) is 1.72. The Labute approximate surface area is 115 Å². The van der Waals surface area contributed by atoms with Crippen molar-refractivity contribution >= 4 is 11.6 Å². The van der Waals surface area contributed by atoms with Crippen LogP contribution in [-0.2, 0) is 11.2 Å². The first kappa shape index (κ1) is 15.5. The molecule has 0 aromatic heterocycles. The number of aliphatic hydroxyl groups excluding tert-OH is 1. The van der Waals surface area contributed by atoms with Gasteiger partial charge in [0.05, 0.1) is 0 Å². The van der Waals surface area contributed by atoms with Gasteiger partial charge in [0.1, 0.15) is 0 Å². The summed E-state index contributed by atoms with van der Waals surface area (Å²) in [5.41, 5.74) is 7.45. The lowest BCUT2D eigenvalue weighted by molar-refractivity contribution is -0.122. The second-order valence-corrected chi connectivity index (χ2v) is 5.17. The average Bonchev–Trinajstić information content (AvgIpc) is 2.37. The highest BCUT2D eigenvalue weighted by Crippen LogP contribution is 2.09. The van der Waals surface area contributed by atoms with Crippen LogP contribution >= 0.6 is 0 Å². The third-order valence-corrected chi connectivity index (χ3v) is 3.21. The van der Waals surface area contributed by atoms with E-state index in [4.69, 9.17) is 10.8 Å². The number of rotatable bonds is 7. The zero-order chi connectivity index (χ0) is 14.3. The molecular formula is C15H24N2O2. The Balaban J connectivity index is 2.40. The molecule has 1 atom stereocenters. The number of carbonyl (C=O) groups is 1. The van der Waals surface area contributed by atoms with Crippen molar-refractivity contribution in [1.82, 2.24) is 5.32 Å². The van der Waals surface area contributed by atoms with E-state index >= 15 is 0 Å². The molecule has 0 bridgehead atoms. The molecular weight excluding hydrogens is 240 g/mol. The van der Waals surface area contributed by atoms with E-state index in [1.54, 1.807) is 0 Å². The van der Waals surface area contributed by atoms with E-state index in [0.717, 1.165) is 11.3 Å². The summed E-state index contributed by atoms with van der Waals surface area (Å²) in [7, 11) is 0. The lowest BCUT2D eigenvalue weighted by atomic mass is 10.0. The Kier molecular flexibility index (Phi) is 6.36. The van der Waals surface area contributed by atoms with Crippen LogP contribution in [0, 0.1) is 5.92 Å². The first-order valence-electron chi connectivity index (χ1n) is 6.77. The van der Waals surface area contributed by atoms with Gasteiger partial charge in [-0.3, -0.25) is 4.79 Å². The summed E-state index contributed by atoms with van der Waals surface area (Å²) >= 11 is 0. The van der Waals surface area contributed by atoms with Gasteiger partial charge in [-0.1, -0.05) is 26.0 Å². The average molecular weight is 264 g/mol. The maximum absolute atomic E-state index is 11.9. The predicted molar refractivity (Wildman–Crippen MR) is 77.6 cm³/mol. The third kappa shape index (κ3) is 5.75. The summed E-state index contributed by atoms with van der Waals surface area (Å²) in [6, 6.07) is 7.61. The van der Waals surface area contributed by atoms with Crippen molar-refractivity contribution < 1.29 is 9.90 Å². The maximum atomic E-state index is 11.9. The van der Waals surface area contributed by atoms with Crippen molar-refractivity contribution in [3.05, 3.63) is 29.8 Å². The van der Waals surface area contributed by atoms with Gasteiger partial charge >= 0.3 is 0 Å². The summed E-state index contributed by atoms with van der Waals surface area (Å²) in [4.78, 5) is 11.9. The minimum Gasteiger partial charge on any atom is -0.399 e. The Hall–Kier alpha value is -1.55. The zero-order valence-electron chi connectivity index (χ0n) is 11.7. The fraction of sp³-hybridized carbons (Fsp3) is 0.533. The van der Waals surface area contributed by atoms with Gasteiger partial charge in [-0.25, -0.2) is 0 Å². The number of carbonyl (C=O) groups excluding carboxylic acids is 1. The van der Waals surface area contributed by atoms with Gasteiger partial charge in [0.15, 0.2) is 0 Å². The molecule has 106 valence electrons. The molecule has 0 aliphatic carbocycles. The SMILES string of the molecule is CC(C)C(CCO)NC(=O)CCc1ccc(N)cc1. The van der Waals surface area contributed by atoms with Crippen molar-refractivity contribution in [3.63, 3.8) is 0 Å². The summed E-state index contributed by atoms with van der Waals surface area (Å²) in [6.07, 6.45) is 1.76. The van der Waals surface area contributed by atoms with E-state index in [1.807, 2.05) is 38.1 Å². The molecule has 0 saturated heterocycles. The molecule has 0 radical (unpaired) electrons. The summed E-state index contributed by atoms with van der Waals surface area (Å²) in [6.45, 7) is 4.18. The second kappa shape index (κ2) is 7.79. The van der Waals surface area contributed by atoms with Gasteiger partial charge in [-0.2, -0.15) is 0 Å². The molecule has 1 aromatic rings. The van der Waals surface area contributed by atoms with E-state index < -0.39 is 0 Å². The highest BCUT2D eigenvalue weighted by Gasteiger charge is 2.15. The maximum Gasteiger partial charge on any atom is 0.220 e. The number of aryl methyl sites for hydroxylation is 1. The number of aliphatic hydroxyl groups is 1. The first-order valence-corrected chi connectivity index (χ1v) is 6.77. The molecule has 1 unspecified atom stereocenters. The Morgan fingerprint density at radius 2 is 1.95 bits per heavy atom. The minimum atomic E-state index is 0.0315. The fourth-order valence-electron chi connectivity index (χ4n) is 1.93. The summed E-state index contributed by atoms with van der Waals surface area (Å²) < 4.78 is 0. The van der Waals surface area contributed by atoms with Crippen LogP contribution in [0.5, 0.6) is 0 Å². The topological polar surface area (TPSA) is 75.3 Å². The van der Waals surface area contributed by atoms with Crippen LogP contribution in [0.4, 0.5) is 5.69 Å². The molecule has 1 amide bonds. The van der Waals surface area contributed by atoms with E-state index in [2.05, 4.69) is 5.32 Å². The van der Waals surface area contributed by atoms with Crippen molar-refractivity contribution in [2.24, 2.45) is 5.92 Å². The Morgan fingerprint density at radius 1 is 1.32 bits per heavy atom. The third-order valence-electron chi connectivity index (χ3n) is 3.21. The molecule has 4 heteroatoms. The number of amides is 1. The van der Waals surface area contributed by atoms with Crippen LogP contribution in [0.3, 0.4) is 0 Å². The van der Waals surface area contributed by atoms with Crippen molar-refractivity contribution in [3.8, 4) is 0 Å². The standard InChI is InChI=1S/C15H24N2O2/c1-11(2)14(9-10-18)17-15(19)8-5-12-3-6-13(16)7-4-12/h3-4,6-7,11,14,18H,5,8-10,16H2,1-2H3,(H,17,19). The number of benzene rings is 1. The van der Waals surface area contributed by atoms with E-state index in [0.29, 0.717) is 25.2 Å². The normalized spacial score (nSPS) is 12.4. The van der Waals surface area contributed by atoms with Crippen LogP contribution < -0.4 is 11.1 Å². The fourth-order valence-corrected chi connectivity index (χ4v) is 1.93. The quantitative estimate of drug-likeness (QED) is 0.656. The highest BCUT2D eigenvalue weighted by molar-refractivity contribution is 5.76. The molecule has 19 heavy (non-hydrogen) atoms. The zero-order valence-corrected chi connectivity index (χ0v) is 11.7. The van der Waals surface area contributed by atoms with Crippen molar-refractivity contribution in [1.29, 1.82) is 0 Å². The molecule has 1 rings (SSSR count). The number of hydrogen-bond donors (Lipinski definition) is 3. The molecule has 4 N–H and O–H groups in total. The van der Waals surface area contributed by atoms with Gasteiger partial charge < -0.3 is 16.2 Å². The van der Waals surface area contributed by atoms with Crippen LogP contribution in [0.25, 0.3) is 0 Å². The minimum absolute atomic E-state index is 0.0315. The lowest BCUT2D eigenvalue weighted by Gasteiger charge is -2.21. The molecule has 0 saturated carbocycles. The highest BCUT2D eigenvalue weighted by atomic mass is 16.3. The summed E-state index contributed by atoms with van der Waals surface area (Å²) in [5.74, 6) is 0.358. The Morgan fingerprint density at radius 3 is 2.47 bits per heavy atom. The number of nitrogen functional groups attached to an aromatic ring is 1.